The van der Waals surface area contributed by atoms with E-state index in [9.17, 15) is 14.4 Å². The number of barbiturate groups is 1. The van der Waals surface area contributed by atoms with Gasteiger partial charge in [0.2, 0.25) is 11.8 Å². The zero-order valence-corrected chi connectivity index (χ0v) is 11.2. The first-order valence-electron chi connectivity index (χ1n) is 6.12. The fraction of sp³-hybridized carbons (Fsp3) is 0.500. The van der Waals surface area contributed by atoms with Crippen LogP contribution in [0, 0.1) is 12.3 Å². The lowest BCUT2D eigenvalue weighted by Crippen LogP contribution is -2.65. The topological polar surface area (TPSA) is 79.4 Å². The summed E-state index contributed by atoms with van der Waals surface area (Å²) >= 11 is 1.44. The summed E-state index contributed by atoms with van der Waals surface area (Å²) in [7, 11) is 0. The number of hydrogen-bond donors (Lipinski definition) is 1. The van der Waals surface area contributed by atoms with Crippen LogP contribution < -0.4 is 5.32 Å². The molecule has 0 atom stereocenters. The summed E-state index contributed by atoms with van der Waals surface area (Å²) in [6.07, 6.45) is 3.60. The number of nitrogens with zero attached hydrogens (tertiary/aromatic N) is 2. The fourth-order valence-corrected chi connectivity index (χ4v) is 3.23. The lowest BCUT2D eigenvalue weighted by Gasteiger charge is -2.44. The third-order valence-electron chi connectivity index (χ3n) is 3.72. The van der Waals surface area contributed by atoms with Crippen LogP contribution in [-0.4, -0.2) is 27.7 Å². The van der Waals surface area contributed by atoms with Crippen molar-refractivity contribution in [2.24, 2.45) is 5.41 Å². The van der Waals surface area contributed by atoms with Gasteiger partial charge in [0, 0.05) is 11.1 Å². The summed E-state index contributed by atoms with van der Waals surface area (Å²) in [4.78, 5) is 42.3. The van der Waals surface area contributed by atoms with Gasteiger partial charge in [-0.15, -0.1) is 11.3 Å². The SMILES string of the molecule is Cc1cnc(CN2C(=O)NC(=O)C3(CCC3)C2=O)s1. The van der Waals surface area contributed by atoms with Crippen molar-refractivity contribution in [2.45, 2.75) is 32.7 Å². The fourth-order valence-electron chi connectivity index (χ4n) is 2.46. The number of carbonyl (C=O) groups excluding carboxylic acids is 3. The van der Waals surface area contributed by atoms with Gasteiger partial charge < -0.3 is 0 Å². The zero-order chi connectivity index (χ0) is 13.6. The minimum absolute atomic E-state index is 0.137. The molecule has 0 unspecified atom stereocenters. The molecule has 2 heterocycles. The molecule has 1 spiro atoms. The van der Waals surface area contributed by atoms with Crippen molar-refractivity contribution in [3.63, 3.8) is 0 Å². The van der Waals surface area contributed by atoms with Gasteiger partial charge in [0.15, 0.2) is 0 Å². The summed E-state index contributed by atoms with van der Waals surface area (Å²) in [6.45, 7) is 2.05. The van der Waals surface area contributed by atoms with Crippen molar-refractivity contribution >= 4 is 29.2 Å². The molecular weight excluding hydrogens is 266 g/mol. The van der Waals surface area contributed by atoms with E-state index in [1.54, 1.807) is 6.20 Å². The number of urea groups is 1. The Hall–Kier alpha value is -1.76. The average molecular weight is 279 g/mol. The molecule has 1 saturated carbocycles. The van der Waals surface area contributed by atoms with E-state index < -0.39 is 17.4 Å². The number of aryl methyl sites for hydroxylation is 1. The monoisotopic (exact) mass is 279 g/mol. The molecule has 2 fully saturated rings. The Morgan fingerprint density at radius 3 is 2.68 bits per heavy atom. The van der Waals surface area contributed by atoms with Gasteiger partial charge in [0.25, 0.3) is 0 Å². The zero-order valence-electron chi connectivity index (χ0n) is 10.4. The van der Waals surface area contributed by atoms with Gasteiger partial charge in [-0.05, 0) is 19.8 Å². The Bertz CT molecular complexity index is 577. The Morgan fingerprint density at radius 1 is 1.42 bits per heavy atom. The van der Waals surface area contributed by atoms with E-state index in [0.717, 1.165) is 16.2 Å². The van der Waals surface area contributed by atoms with Crippen LogP contribution in [0.2, 0.25) is 0 Å². The summed E-state index contributed by atoms with van der Waals surface area (Å²) in [5.74, 6) is -0.819. The molecule has 1 saturated heterocycles. The number of rotatable bonds is 2. The lowest BCUT2D eigenvalue weighted by atomic mass is 9.66. The Labute approximate surface area is 113 Å². The van der Waals surface area contributed by atoms with E-state index in [1.807, 2.05) is 6.92 Å². The summed E-state index contributed by atoms with van der Waals surface area (Å²) in [5, 5.41) is 2.98. The molecule has 2 aliphatic rings. The predicted molar refractivity (Wildman–Crippen MR) is 67.2 cm³/mol. The molecule has 3 rings (SSSR count). The highest BCUT2D eigenvalue weighted by Gasteiger charge is 2.57. The largest absolute Gasteiger partial charge is 0.331 e. The molecule has 0 radical (unpaired) electrons. The Kier molecular flexibility index (Phi) is 2.67. The summed E-state index contributed by atoms with van der Waals surface area (Å²) in [5.41, 5.74) is -1.000. The minimum atomic E-state index is -1.000. The number of carbonyl (C=O) groups is 3. The molecule has 4 amide bonds. The van der Waals surface area contributed by atoms with E-state index in [1.165, 1.54) is 11.3 Å². The molecule has 1 aliphatic carbocycles. The van der Waals surface area contributed by atoms with Crippen LogP contribution in [0.3, 0.4) is 0 Å². The summed E-state index contributed by atoms with van der Waals surface area (Å²) in [6, 6.07) is -0.639. The third kappa shape index (κ3) is 1.76. The summed E-state index contributed by atoms with van der Waals surface area (Å²) < 4.78 is 0. The van der Waals surface area contributed by atoms with Crippen LogP contribution in [-0.2, 0) is 16.1 Å². The number of imide groups is 2. The van der Waals surface area contributed by atoms with Gasteiger partial charge >= 0.3 is 6.03 Å². The predicted octanol–water partition coefficient (Wildman–Crippen LogP) is 1.20. The number of nitrogens with one attached hydrogen (secondary N) is 1. The van der Waals surface area contributed by atoms with E-state index in [0.29, 0.717) is 17.8 Å². The standard InChI is InChI=1S/C12H13N3O3S/c1-7-5-13-8(19-7)6-15-10(17)12(3-2-4-12)9(16)14-11(15)18/h5H,2-4,6H2,1H3,(H,14,16,18). The lowest BCUT2D eigenvalue weighted by molar-refractivity contribution is -0.158. The van der Waals surface area contributed by atoms with Crippen molar-refractivity contribution < 1.29 is 14.4 Å². The van der Waals surface area contributed by atoms with Gasteiger partial charge in [-0.3, -0.25) is 19.8 Å². The second-order valence-corrected chi connectivity index (χ2v) is 6.27. The smallest absolute Gasteiger partial charge is 0.277 e. The minimum Gasteiger partial charge on any atom is -0.277 e. The van der Waals surface area contributed by atoms with Crippen molar-refractivity contribution in [1.29, 1.82) is 0 Å². The molecular formula is C12H13N3O3S. The number of hydrogen-bond acceptors (Lipinski definition) is 5. The van der Waals surface area contributed by atoms with Crippen molar-refractivity contribution in [3.05, 3.63) is 16.1 Å². The van der Waals surface area contributed by atoms with Gasteiger partial charge in [-0.1, -0.05) is 6.42 Å². The highest BCUT2D eigenvalue weighted by atomic mass is 32.1. The van der Waals surface area contributed by atoms with E-state index in [2.05, 4.69) is 10.3 Å². The molecule has 1 aliphatic heterocycles. The van der Waals surface area contributed by atoms with Crippen LogP contribution in [0.1, 0.15) is 29.1 Å². The van der Waals surface area contributed by atoms with E-state index in [4.69, 9.17) is 0 Å². The van der Waals surface area contributed by atoms with Crippen LogP contribution in [0.4, 0.5) is 4.79 Å². The quantitative estimate of drug-likeness (QED) is 0.825. The molecule has 0 aromatic carbocycles. The first kappa shape index (κ1) is 12.3. The molecule has 0 bridgehead atoms. The normalized spacial score (nSPS) is 21.5. The van der Waals surface area contributed by atoms with Gasteiger partial charge in [-0.25, -0.2) is 9.78 Å². The van der Waals surface area contributed by atoms with Crippen LogP contribution in [0.5, 0.6) is 0 Å². The second-order valence-electron chi connectivity index (χ2n) is 4.95. The van der Waals surface area contributed by atoms with Crippen molar-refractivity contribution in [3.8, 4) is 0 Å². The van der Waals surface area contributed by atoms with Crippen LogP contribution in [0.15, 0.2) is 6.20 Å². The average Bonchev–Trinajstić information content (AvgIpc) is 2.68. The number of amides is 4. The molecule has 1 N–H and O–H groups in total. The molecule has 19 heavy (non-hydrogen) atoms. The Balaban J connectivity index is 1.85. The first-order valence-corrected chi connectivity index (χ1v) is 6.93. The van der Waals surface area contributed by atoms with Crippen molar-refractivity contribution in [1.82, 2.24) is 15.2 Å². The first-order chi connectivity index (χ1) is 9.03. The third-order valence-corrected chi connectivity index (χ3v) is 4.62. The molecule has 1 aromatic rings. The molecule has 1 aromatic heterocycles. The highest BCUT2D eigenvalue weighted by molar-refractivity contribution is 7.11. The number of aromatic nitrogens is 1. The molecule has 7 heteroatoms. The van der Waals surface area contributed by atoms with Crippen LogP contribution >= 0.6 is 11.3 Å². The van der Waals surface area contributed by atoms with E-state index >= 15 is 0 Å². The van der Waals surface area contributed by atoms with Gasteiger partial charge in [0.05, 0.1) is 6.54 Å². The maximum absolute atomic E-state index is 12.4. The molecule has 6 nitrogen and oxygen atoms in total. The van der Waals surface area contributed by atoms with Crippen LogP contribution in [0.25, 0.3) is 0 Å². The van der Waals surface area contributed by atoms with Gasteiger partial charge in [0.1, 0.15) is 10.4 Å². The maximum atomic E-state index is 12.4. The Morgan fingerprint density at radius 2 is 2.16 bits per heavy atom. The second kappa shape index (κ2) is 4.12. The van der Waals surface area contributed by atoms with Gasteiger partial charge in [-0.2, -0.15) is 0 Å². The molecule has 100 valence electrons. The van der Waals surface area contributed by atoms with E-state index in [-0.39, 0.29) is 12.5 Å². The van der Waals surface area contributed by atoms with Crippen molar-refractivity contribution in [2.75, 3.05) is 0 Å². The highest BCUT2D eigenvalue weighted by Crippen LogP contribution is 2.44. The maximum Gasteiger partial charge on any atom is 0.331 e. The number of thiazole rings is 1.